The topological polar surface area (TPSA) is 368 Å². The standard InChI is InChI=1S/C64H92N12O14S2/c1-7-37(5)52(71-51(78)33-65)58(83)69-45-34-91-92-35-46(64(89)90)70-59(84)53(38(6)8-2)72-57(82)49-20-13-26-73(49)60(85)43(30-36(3)4)67-54(79)42(31-39-16-10-9-11-17-39)66-55(80)48-19-14-28-75(48)63(88)50-21-15-29-76(50)61(86)44(32-40-22-24-41(77)25-23-40)68-56(81)47-18-12-27-74(47)62(45)87/h9-11,16-17,22-25,36-38,42-50,52-53,77H,7-8,12-15,18-21,26-35,65H2,1-6H3,(H,66,80)(H,67,79)(H,68,81)(H,69,83)(H,70,84)(H,71,78)(H,72,82)(H,89,90). The highest BCUT2D eigenvalue weighted by Crippen LogP contribution is 2.30. The average Bonchev–Trinajstić information content (AvgIpc) is 1.64. The third-order valence-corrected chi connectivity index (χ3v) is 20.6. The van der Waals surface area contributed by atoms with Gasteiger partial charge in [0, 0.05) is 50.5 Å². The molecule has 2 aromatic carbocycles. The molecular weight excluding hydrogens is 1220 g/mol. The molecular formula is C64H92N12O14S2. The summed E-state index contributed by atoms with van der Waals surface area (Å²) in [5.41, 5.74) is 6.85. The van der Waals surface area contributed by atoms with Gasteiger partial charge in [0.2, 0.25) is 65.0 Å². The third-order valence-electron chi connectivity index (χ3n) is 18.1. The van der Waals surface area contributed by atoms with Crippen LogP contribution in [0.15, 0.2) is 54.6 Å². The second kappa shape index (κ2) is 33.9. The van der Waals surface area contributed by atoms with Crippen LogP contribution in [-0.2, 0) is 70.4 Å². The van der Waals surface area contributed by atoms with Crippen molar-refractivity contribution in [2.75, 3.05) is 44.2 Å². The average molecular weight is 1320 g/mol. The van der Waals surface area contributed by atoms with E-state index in [1.807, 2.05) is 20.8 Å². The summed E-state index contributed by atoms with van der Waals surface area (Å²) in [5.74, 6) is -10.3. The number of rotatable bonds is 15. The number of benzene rings is 2. The Labute approximate surface area is 545 Å². The van der Waals surface area contributed by atoms with Gasteiger partial charge >= 0.3 is 5.97 Å². The number of carboxylic acids is 1. The number of carboxylic acid groups (broad SMARTS) is 1. The van der Waals surface area contributed by atoms with Crippen LogP contribution in [0, 0.1) is 17.8 Å². The molecule has 5 fully saturated rings. The minimum absolute atomic E-state index is 0.00593. The SMILES string of the molecule is CCC(C)C(NC(=O)CN)C(=O)NC1CSSCC(C(=O)O)NC(=O)C(C(C)CC)NC(=O)C2CCCN2C(=O)C(CC(C)C)NC(=O)C(Cc2ccccc2)NC(=O)C2CCCN2C(=O)C2CCCN2C(=O)C(Cc2ccc(O)cc2)NC(=O)C2CCCN2C1=O. The van der Waals surface area contributed by atoms with Gasteiger partial charge in [0.25, 0.3) is 0 Å². The van der Waals surface area contributed by atoms with Gasteiger partial charge < -0.3 is 72.8 Å². The second-order valence-corrected chi connectivity index (χ2v) is 27.7. The molecule has 11 amide bonds. The molecule has 0 aromatic heterocycles. The molecule has 0 aliphatic carbocycles. The number of aromatic hydroxyl groups is 1. The van der Waals surface area contributed by atoms with Gasteiger partial charge in [-0.05, 0) is 98.8 Å². The maximum Gasteiger partial charge on any atom is 0.327 e. The summed E-state index contributed by atoms with van der Waals surface area (Å²) >= 11 is 0. The molecule has 0 saturated carbocycles. The maximum atomic E-state index is 15.2. The molecule has 92 heavy (non-hydrogen) atoms. The molecule has 26 nitrogen and oxygen atoms in total. The fourth-order valence-corrected chi connectivity index (χ4v) is 14.9. The Kier molecular flexibility index (Phi) is 26.5. The zero-order valence-electron chi connectivity index (χ0n) is 53.4. The number of carbonyl (C=O) groups excluding carboxylic acids is 11. The molecule has 0 radical (unpaired) electrons. The Morgan fingerprint density at radius 2 is 1.07 bits per heavy atom. The minimum atomic E-state index is -1.54. The highest BCUT2D eigenvalue weighted by molar-refractivity contribution is 8.76. The lowest BCUT2D eigenvalue weighted by Crippen LogP contribution is -2.61. The molecule has 28 heteroatoms. The Morgan fingerprint density at radius 1 is 0.576 bits per heavy atom. The summed E-state index contributed by atoms with van der Waals surface area (Å²) in [6.07, 6.45) is 3.23. The summed E-state index contributed by atoms with van der Waals surface area (Å²) in [5, 5.41) is 40.2. The minimum Gasteiger partial charge on any atom is -0.508 e. The van der Waals surface area contributed by atoms with Crippen molar-refractivity contribution in [3.8, 4) is 5.75 Å². The Bertz CT molecular complexity index is 2980. The summed E-state index contributed by atoms with van der Waals surface area (Å²) in [7, 11) is 1.97. The number of phenolic OH excluding ortho intramolecular Hbond substituents is 1. The number of carbonyl (C=O) groups is 12. The summed E-state index contributed by atoms with van der Waals surface area (Å²) in [6.45, 7) is 10.8. The van der Waals surface area contributed by atoms with E-state index in [2.05, 4.69) is 37.2 Å². The molecule has 11 N–H and O–H groups in total. The van der Waals surface area contributed by atoms with Gasteiger partial charge in [-0.1, -0.05) is 118 Å². The van der Waals surface area contributed by atoms with E-state index in [0.717, 1.165) is 21.6 Å². The quantitative estimate of drug-likeness (QED) is 0.112. The van der Waals surface area contributed by atoms with Gasteiger partial charge in [0.15, 0.2) is 0 Å². The van der Waals surface area contributed by atoms with E-state index in [4.69, 9.17) is 5.73 Å². The summed E-state index contributed by atoms with van der Waals surface area (Å²) in [6, 6.07) is 1.48. The van der Waals surface area contributed by atoms with Gasteiger partial charge in [0.1, 0.15) is 72.2 Å². The smallest absolute Gasteiger partial charge is 0.327 e. The largest absolute Gasteiger partial charge is 0.508 e. The first kappa shape index (κ1) is 72.0. The van der Waals surface area contributed by atoms with Crippen LogP contribution < -0.4 is 43.0 Å². The number of fused-ring (bicyclic) bond motifs is 4. The number of hydrogen-bond donors (Lipinski definition) is 10. The highest BCUT2D eigenvalue weighted by atomic mass is 33.1. The van der Waals surface area contributed by atoms with Crippen LogP contribution in [0.4, 0.5) is 0 Å². The summed E-state index contributed by atoms with van der Waals surface area (Å²) < 4.78 is 0. The molecule has 0 spiro atoms. The van der Waals surface area contributed by atoms with E-state index in [0.29, 0.717) is 49.7 Å². The first-order chi connectivity index (χ1) is 43.9. The van der Waals surface area contributed by atoms with Crippen molar-refractivity contribution in [3.63, 3.8) is 0 Å². The van der Waals surface area contributed by atoms with Crippen LogP contribution in [0.25, 0.3) is 0 Å². The number of aliphatic carboxylic acids is 1. The maximum absolute atomic E-state index is 15.2. The van der Waals surface area contributed by atoms with Gasteiger partial charge in [-0.25, -0.2) is 4.79 Å². The molecule has 5 aliphatic rings. The molecule has 2 aromatic rings. The van der Waals surface area contributed by atoms with Crippen LogP contribution >= 0.6 is 21.6 Å². The number of nitrogens with two attached hydrogens (primary N) is 1. The zero-order valence-corrected chi connectivity index (χ0v) is 55.0. The fraction of sp³-hybridized carbons (Fsp3) is 0.625. The molecule has 5 saturated heterocycles. The number of amides is 11. The second-order valence-electron chi connectivity index (χ2n) is 25.2. The number of hydrogen-bond acceptors (Lipinski definition) is 16. The van der Waals surface area contributed by atoms with E-state index in [-0.39, 0.29) is 94.3 Å². The van der Waals surface area contributed by atoms with Gasteiger partial charge in [-0.3, -0.25) is 52.7 Å². The van der Waals surface area contributed by atoms with Crippen molar-refractivity contribution in [1.82, 2.24) is 56.8 Å². The van der Waals surface area contributed by atoms with Crippen molar-refractivity contribution in [1.29, 1.82) is 0 Å². The van der Waals surface area contributed by atoms with Crippen molar-refractivity contribution in [2.24, 2.45) is 23.5 Å². The third kappa shape index (κ3) is 18.6. The molecule has 5 heterocycles. The van der Waals surface area contributed by atoms with Crippen LogP contribution in [0.2, 0.25) is 0 Å². The lowest BCUT2D eigenvalue weighted by Gasteiger charge is -2.34. The van der Waals surface area contributed by atoms with Crippen LogP contribution in [-0.4, -0.2) is 211 Å². The Hall–Kier alpha value is -7.46. The lowest BCUT2D eigenvalue weighted by molar-refractivity contribution is -0.148. The van der Waals surface area contributed by atoms with Crippen LogP contribution in [0.5, 0.6) is 5.75 Å². The number of phenols is 1. The van der Waals surface area contributed by atoms with E-state index < -0.39 is 156 Å². The first-order valence-corrected chi connectivity index (χ1v) is 34.8. The molecule has 5 aliphatic heterocycles. The van der Waals surface area contributed by atoms with Crippen molar-refractivity contribution < 1.29 is 67.7 Å². The molecule has 0 bridgehead atoms. The van der Waals surface area contributed by atoms with Crippen molar-refractivity contribution >= 4 is 92.5 Å². The fourth-order valence-electron chi connectivity index (χ4n) is 12.6. The Morgan fingerprint density at radius 3 is 1.62 bits per heavy atom. The summed E-state index contributed by atoms with van der Waals surface area (Å²) in [4.78, 5) is 179. The van der Waals surface area contributed by atoms with Gasteiger partial charge in [-0.2, -0.15) is 0 Å². The number of nitrogens with zero attached hydrogens (tertiary/aromatic N) is 4. The van der Waals surface area contributed by atoms with E-state index in [1.54, 1.807) is 63.2 Å². The van der Waals surface area contributed by atoms with E-state index in [1.165, 1.54) is 31.7 Å². The van der Waals surface area contributed by atoms with Crippen molar-refractivity contribution in [3.05, 3.63) is 65.7 Å². The van der Waals surface area contributed by atoms with Crippen LogP contribution in [0.3, 0.4) is 0 Å². The monoisotopic (exact) mass is 1320 g/mol. The van der Waals surface area contributed by atoms with Crippen molar-refractivity contribution in [2.45, 2.75) is 191 Å². The van der Waals surface area contributed by atoms with Crippen LogP contribution in [0.1, 0.15) is 123 Å². The predicted octanol–water partition coefficient (Wildman–Crippen LogP) is 1.11. The zero-order chi connectivity index (χ0) is 66.9. The van der Waals surface area contributed by atoms with Gasteiger partial charge in [0.05, 0.1) is 6.54 Å². The highest BCUT2D eigenvalue weighted by Gasteiger charge is 2.47. The van der Waals surface area contributed by atoms with Gasteiger partial charge in [-0.15, -0.1) is 0 Å². The molecule has 13 atom stereocenters. The first-order valence-electron chi connectivity index (χ1n) is 32.3. The predicted molar refractivity (Wildman–Crippen MR) is 344 cm³/mol. The normalized spacial score (nSPS) is 27.4. The van der Waals surface area contributed by atoms with E-state index >= 15 is 14.4 Å². The molecule has 504 valence electrons. The number of nitrogens with one attached hydrogen (secondary N) is 7. The molecule has 13 unspecified atom stereocenters. The molecule has 7 rings (SSSR count). The Balaban J connectivity index is 1.25. The lowest BCUT2D eigenvalue weighted by atomic mass is 9.97. The van der Waals surface area contributed by atoms with E-state index in [9.17, 15) is 53.4 Å².